The number of rotatable bonds is 5. The van der Waals surface area contributed by atoms with Crippen molar-refractivity contribution < 1.29 is 14.5 Å². The van der Waals surface area contributed by atoms with Gasteiger partial charge in [-0.25, -0.2) is 9.88 Å². The van der Waals surface area contributed by atoms with E-state index in [0.717, 1.165) is 4.90 Å². The van der Waals surface area contributed by atoms with Gasteiger partial charge in [0.2, 0.25) is 11.8 Å². The lowest BCUT2D eigenvalue weighted by molar-refractivity contribution is -0.919. The minimum atomic E-state index is -0.209. The van der Waals surface area contributed by atoms with E-state index in [1.54, 1.807) is 12.1 Å². The molecule has 2 aliphatic rings. The van der Waals surface area contributed by atoms with Crippen molar-refractivity contribution in [2.45, 2.75) is 26.3 Å². The second kappa shape index (κ2) is 7.08. The Morgan fingerprint density at radius 2 is 1.78 bits per heavy atom. The van der Waals surface area contributed by atoms with Crippen LogP contribution in [0.2, 0.25) is 0 Å². The molecule has 2 heterocycles. The van der Waals surface area contributed by atoms with E-state index in [-0.39, 0.29) is 29.2 Å². The maximum absolute atomic E-state index is 12.7. The van der Waals surface area contributed by atoms with Crippen LogP contribution in [0.4, 0.5) is 0 Å². The number of hydrogen-bond donors (Lipinski definition) is 2. The first-order valence-corrected chi connectivity index (χ1v) is 9.40. The summed E-state index contributed by atoms with van der Waals surface area (Å²) in [7, 11) is 0. The highest BCUT2D eigenvalue weighted by Crippen LogP contribution is 2.34. The average Bonchev–Trinajstić information content (AvgIpc) is 2.92. The third kappa shape index (κ3) is 3.19. The molecule has 0 bridgehead atoms. The number of allylic oxidation sites excluding steroid dienone is 2. The fourth-order valence-electron chi connectivity index (χ4n) is 4.00. The molecule has 2 amide bonds. The topological polar surface area (TPSA) is 87.6 Å². The van der Waals surface area contributed by atoms with Crippen LogP contribution >= 0.6 is 0 Å². The minimum Gasteiger partial charge on any atom is -0.311 e. The molecule has 1 aliphatic heterocycles. The van der Waals surface area contributed by atoms with Crippen LogP contribution < -0.4 is 10.5 Å². The molecular weight excluding hydrogens is 344 g/mol. The van der Waals surface area contributed by atoms with Gasteiger partial charge < -0.3 is 9.88 Å². The van der Waals surface area contributed by atoms with Gasteiger partial charge in [-0.3, -0.25) is 14.4 Å². The fraction of sp³-hybridized carbons (Fsp3) is 0.400. The number of carbonyl (C=O) groups is 2. The van der Waals surface area contributed by atoms with Gasteiger partial charge in [0.15, 0.2) is 12.5 Å². The lowest BCUT2D eigenvalue weighted by atomic mass is 9.85. The second-order valence-electron chi connectivity index (χ2n) is 7.23. The Morgan fingerprint density at radius 1 is 1.11 bits per heavy atom. The third-order valence-electron chi connectivity index (χ3n) is 5.56. The molecule has 2 N–H and O–H groups in total. The Labute approximate surface area is 156 Å². The number of carbonyl (C=O) groups excluding carboxylic acids is 2. The fourth-order valence-corrected chi connectivity index (χ4v) is 4.00. The summed E-state index contributed by atoms with van der Waals surface area (Å²) in [5.74, 6) is 0.00710. The normalized spacial score (nSPS) is 23.1. The average molecular weight is 367 g/mol. The van der Waals surface area contributed by atoms with Gasteiger partial charge in [-0.15, -0.1) is 0 Å². The zero-order valence-electron chi connectivity index (χ0n) is 15.3. The summed E-state index contributed by atoms with van der Waals surface area (Å²) in [6, 6.07) is 7.21. The molecule has 1 aliphatic carbocycles. The largest absolute Gasteiger partial charge is 0.311 e. The van der Waals surface area contributed by atoms with E-state index in [9.17, 15) is 14.4 Å². The van der Waals surface area contributed by atoms with Crippen LogP contribution in [0.3, 0.4) is 0 Å². The molecule has 7 nitrogen and oxygen atoms in total. The number of fused-ring (bicyclic) bond motifs is 2. The first-order chi connectivity index (χ1) is 13.1. The zero-order chi connectivity index (χ0) is 19.0. The van der Waals surface area contributed by atoms with E-state index >= 15 is 0 Å². The van der Waals surface area contributed by atoms with Crippen molar-refractivity contribution in [1.29, 1.82) is 0 Å². The standard InChI is InChI=1S/C20H22N4O3/c1-2-23(11-17-21-16-10-6-5-9-15(16)18(25)22-17)12-24-19(26)13-7-3-4-8-14(13)20(24)27/h3-6,9-10,13-14H,2,7-8,11-12H2,1H3,(H,21,22,25)/p+1/t13-,14-/m0/s1. The van der Waals surface area contributed by atoms with E-state index in [1.807, 2.05) is 31.2 Å². The van der Waals surface area contributed by atoms with Crippen molar-refractivity contribution in [1.82, 2.24) is 14.9 Å². The van der Waals surface area contributed by atoms with Gasteiger partial charge in [0.25, 0.3) is 5.56 Å². The number of nitrogens with zero attached hydrogens (tertiary/aromatic N) is 2. The Kier molecular flexibility index (Phi) is 4.61. The van der Waals surface area contributed by atoms with Gasteiger partial charge in [0.1, 0.15) is 6.54 Å². The van der Waals surface area contributed by atoms with E-state index < -0.39 is 0 Å². The molecule has 1 aromatic carbocycles. The SMILES string of the molecule is CC[NH+](Cc1nc2ccccc2c(=O)[nH]1)CN1C(=O)[C@H]2CC=CC[C@@H]2C1=O. The van der Waals surface area contributed by atoms with Crippen molar-refractivity contribution in [2.75, 3.05) is 13.2 Å². The summed E-state index contributed by atoms with van der Waals surface area (Å²) in [4.78, 5) is 47.4. The molecular formula is C20H23N4O3+. The molecule has 0 spiro atoms. The molecule has 27 heavy (non-hydrogen) atoms. The lowest BCUT2D eigenvalue weighted by Crippen LogP contribution is -3.12. The highest BCUT2D eigenvalue weighted by molar-refractivity contribution is 6.05. The van der Waals surface area contributed by atoms with E-state index in [0.29, 0.717) is 49.3 Å². The highest BCUT2D eigenvalue weighted by Gasteiger charge is 2.48. The number of nitrogens with one attached hydrogen (secondary N) is 2. The van der Waals surface area contributed by atoms with Gasteiger partial charge in [0, 0.05) is 0 Å². The molecule has 7 heteroatoms. The Balaban J connectivity index is 1.53. The number of likely N-dealkylation sites (tertiary alicyclic amines) is 1. The first-order valence-electron chi connectivity index (χ1n) is 9.40. The predicted octanol–water partition coefficient (Wildman–Crippen LogP) is 0.237. The maximum Gasteiger partial charge on any atom is 0.258 e. The number of H-pyrrole nitrogens is 1. The van der Waals surface area contributed by atoms with Gasteiger partial charge in [0.05, 0.1) is 29.3 Å². The molecule has 1 fully saturated rings. The molecule has 0 saturated carbocycles. The Hall–Kier alpha value is -2.80. The molecule has 4 rings (SSSR count). The van der Waals surface area contributed by atoms with Gasteiger partial charge in [-0.2, -0.15) is 0 Å². The molecule has 3 atom stereocenters. The summed E-state index contributed by atoms with van der Waals surface area (Å²) in [6.45, 7) is 3.45. The summed E-state index contributed by atoms with van der Waals surface area (Å²) in [5, 5.41) is 0.556. The van der Waals surface area contributed by atoms with Crippen molar-refractivity contribution in [3.8, 4) is 0 Å². The van der Waals surface area contributed by atoms with Gasteiger partial charge in [-0.1, -0.05) is 24.3 Å². The minimum absolute atomic E-state index is 0.0692. The zero-order valence-corrected chi connectivity index (χ0v) is 15.3. The number of quaternary nitrogens is 1. The number of hydrogen-bond acceptors (Lipinski definition) is 4. The van der Waals surface area contributed by atoms with Crippen LogP contribution in [0, 0.1) is 11.8 Å². The van der Waals surface area contributed by atoms with Crippen molar-refractivity contribution >= 4 is 22.7 Å². The molecule has 2 aromatic rings. The molecule has 0 radical (unpaired) electrons. The molecule has 140 valence electrons. The summed E-state index contributed by atoms with van der Waals surface area (Å²) in [5.41, 5.74) is 0.480. The van der Waals surface area contributed by atoms with Crippen LogP contribution in [-0.4, -0.2) is 39.9 Å². The van der Waals surface area contributed by atoms with Crippen LogP contribution in [-0.2, 0) is 16.1 Å². The summed E-state index contributed by atoms with van der Waals surface area (Å²) >= 11 is 0. The van der Waals surface area contributed by atoms with E-state index in [4.69, 9.17) is 0 Å². The van der Waals surface area contributed by atoms with E-state index in [1.165, 1.54) is 4.90 Å². The number of benzene rings is 1. The smallest absolute Gasteiger partial charge is 0.258 e. The second-order valence-corrected chi connectivity index (χ2v) is 7.23. The lowest BCUT2D eigenvalue weighted by Gasteiger charge is -2.22. The highest BCUT2D eigenvalue weighted by atomic mass is 16.2. The summed E-state index contributed by atoms with van der Waals surface area (Å²) in [6.07, 6.45) is 5.27. The van der Waals surface area contributed by atoms with Crippen LogP contribution in [0.25, 0.3) is 10.9 Å². The number of amides is 2. The van der Waals surface area contributed by atoms with Crippen LogP contribution in [0.15, 0.2) is 41.2 Å². The Bertz CT molecular complexity index is 955. The van der Waals surface area contributed by atoms with Crippen LogP contribution in [0.5, 0.6) is 0 Å². The van der Waals surface area contributed by atoms with Crippen molar-refractivity contribution in [3.63, 3.8) is 0 Å². The molecule has 1 aromatic heterocycles. The molecule has 1 saturated heterocycles. The van der Waals surface area contributed by atoms with Crippen molar-refractivity contribution in [3.05, 3.63) is 52.6 Å². The summed E-state index contributed by atoms with van der Waals surface area (Å²) < 4.78 is 0. The van der Waals surface area contributed by atoms with Crippen molar-refractivity contribution in [2.24, 2.45) is 11.8 Å². The number of para-hydroxylation sites is 1. The Morgan fingerprint density at radius 3 is 2.44 bits per heavy atom. The van der Waals surface area contributed by atoms with E-state index in [2.05, 4.69) is 9.97 Å². The predicted molar refractivity (Wildman–Crippen MR) is 99.6 cm³/mol. The number of aromatic amines is 1. The quantitative estimate of drug-likeness (QED) is 0.585. The first kappa shape index (κ1) is 17.6. The third-order valence-corrected chi connectivity index (χ3v) is 5.56. The number of aromatic nitrogens is 2. The molecule has 1 unspecified atom stereocenters. The number of imide groups is 1. The maximum atomic E-state index is 12.7. The van der Waals surface area contributed by atoms with Gasteiger partial charge >= 0.3 is 0 Å². The van der Waals surface area contributed by atoms with Gasteiger partial charge in [-0.05, 0) is 31.9 Å². The van der Waals surface area contributed by atoms with Crippen LogP contribution in [0.1, 0.15) is 25.6 Å². The monoisotopic (exact) mass is 367 g/mol.